The Balaban J connectivity index is 1.75. The van der Waals surface area contributed by atoms with Gasteiger partial charge in [-0.2, -0.15) is 0 Å². The van der Waals surface area contributed by atoms with Crippen LogP contribution in [0.1, 0.15) is 11.1 Å². The summed E-state index contributed by atoms with van der Waals surface area (Å²) in [5, 5.41) is 21.0. The predicted octanol–water partition coefficient (Wildman–Crippen LogP) is 2.35. The summed E-state index contributed by atoms with van der Waals surface area (Å²) in [5.41, 5.74) is 4.50. The summed E-state index contributed by atoms with van der Waals surface area (Å²) >= 11 is 0. The Bertz CT molecular complexity index is 583. The molecule has 128 valence electrons. The third-order valence-corrected chi connectivity index (χ3v) is 4.52. The molecule has 0 atom stereocenters. The molecule has 3 rings (SSSR count). The fraction of sp³-hybridized carbons (Fsp3) is 0.400. The Labute approximate surface area is 144 Å². The highest BCUT2D eigenvalue weighted by Gasteiger charge is 2.24. The number of aliphatic hydroxyl groups is 2. The topological polar surface area (TPSA) is 46.9 Å². The van der Waals surface area contributed by atoms with E-state index in [1.807, 2.05) is 24.3 Å². The first-order chi connectivity index (χ1) is 11.5. The Morgan fingerprint density at radius 1 is 0.625 bits per heavy atom. The van der Waals surface area contributed by atoms with Crippen molar-refractivity contribution in [2.45, 2.75) is 26.1 Å². The quantitative estimate of drug-likeness (QED) is 0.889. The lowest BCUT2D eigenvalue weighted by atomic mass is 10.1. The fourth-order valence-corrected chi connectivity index (χ4v) is 3.21. The Morgan fingerprint density at radius 3 is 1.21 bits per heavy atom. The highest BCUT2D eigenvalue weighted by molar-refractivity contribution is 5.50. The van der Waals surface area contributed by atoms with Gasteiger partial charge >= 0.3 is 0 Å². The average Bonchev–Trinajstić information content (AvgIpc) is 2.53. The van der Waals surface area contributed by atoms with Crippen molar-refractivity contribution >= 4 is 11.4 Å². The summed E-state index contributed by atoms with van der Waals surface area (Å²) in [6.45, 7) is 6.18. The van der Waals surface area contributed by atoms with Crippen LogP contribution in [-0.2, 0) is 0 Å². The third kappa shape index (κ3) is 4.08. The molecule has 2 aromatic carbocycles. The number of anilines is 2. The third-order valence-electron chi connectivity index (χ3n) is 4.52. The lowest BCUT2D eigenvalue weighted by Gasteiger charge is -2.37. The van der Waals surface area contributed by atoms with E-state index in [4.69, 9.17) is 0 Å². The van der Waals surface area contributed by atoms with Crippen molar-refractivity contribution in [3.63, 3.8) is 0 Å². The van der Waals surface area contributed by atoms with Gasteiger partial charge in [0.2, 0.25) is 0 Å². The van der Waals surface area contributed by atoms with E-state index in [1.54, 1.807) is 0 Å². The number of aryl methyl sites for hydroxylation is 2. The van der Waals surface area contributed by atoms with Gasteiger partial charge in [0.05, 0.1) is 12.2 Å². The van der Waals surface area contributed by atoms with E-state index in [0.717, 1.165) is 11.4 Å². The number of β-amino-alcohol motifs (C(OH)–C–C–N with tert-alkyl or cyclic N) is 2. The average molecular weight is 326 g/mol. The summed E-state index contributed by atoms with van der Waals surface area (Å²) in [7, 11) is 0. The van der Waals surface area contributed by atoms with E-state index in [9.17, 15) is 10.2 Å². The van der Waals surface area contributed by atoms with Crippen molar-refractivity contribution < 1.29 is 10.2 Å². The lowest BCUT2D eigenvalue weighted by molar-refractivity contribution is 0.142. The van der Waals surface area contributed by atoms with Crippen LogP contribution in [0.4, 0.5) is 11.4 Å². The van der Waals surface area contributed by atoms with Crippen LogP contribution in [-0.4, -0.2) is 48.6 Å². The minimum Gasteiger partial charge on any atom is -0.389 e. The summed E-state index contributed by atoms with van der Waals surface area (Å²) in [5.74, 6) is 0. The minimum absolute atomic E-state index is 0.472. The highest BCUT2D eigenvalue weighted by Crippen LogP contribution is 2.21. The minimum atomic E-state index is -0.472. The van der Waals surface area contributed by atoms with Gasteiger partial charge in [-0.25, -0.2) is 0 Å². The van der Waals surface area contributed by atoms with Gasteiger partial charge in [-0.1, -0.05) is 35.4 Å². The van der Waals surface area contributed by atoms with Crippen molar-refractivity contribution in [2.24, 2.45) is 0 Å². The number of aliphatic hydroxyl groups excluding tert-OH is 2. The zero-order valence-corrected chi connectivity index (χ0v) is 14.4. The first kappa shape index (κ1) is 16.8. The maximum absolute atomic E-state index is 10.5. The molecule has 1 heterocycles. The van der Waals surface area contributed by atoms with Gasteiger partial charge in [0.1, 0.15) is 0 Å². The van der Waals surface area contributed by atoms with Gasteiger partial charge in [0, 0.05) is 37.6 Å². The van der Waals surface area contributed by atoms with E-state index in [-0.39, 0.29) is 0 Å². The van der Waals surface area contributed by atoms with Crippen molar-refractivity contribution in [1.82, 2.24) is 0 Å². The Kier molecular flexibility index (Phi) is 5.07. The molecule has 24 heavy (non-hydrogen) atoms. The molecule has 1 aliphatic heterocycles. The van der Waals surface area contributed by atoms with E-state index in [1.165, 1.54) is 11.1 Å². The molecule has 1 fully saturated rings. The first-order valence-corrected chi connectivity index (χ1v) is 8.50. The molecule has 0 aliphatic carbocycles. The molecule has 4 nitrogen and oxygen atoms in total. The molecule has 1 aliphatic rings. The van der Waals surface area contributed by atoms with Crippen LogP contribution in [0.3, 0.4) is 0 Å². The number of hydrogen-bond donors (Lipinski definition) is 2. The van der Waals surface area contributed by atoms with Crippen molar-refractivity contribution in [3.05, 3.63) is 59.7 Å². The molecular weight excluding hydrogens is 300 g/mol. The second-order valence-electron chi connectivity index (χ2n) is 6.79. The van der Waals surface area contributed by atoms with Gasteiger partial charge in [-0.05, 0) is 38.1 Å². The zero-order valence-electron chi connectivity index (χ0n) is 14.4. The van der Waals surface area contributed by atoms with Crippen LogP contribution >= 0.6 is 0 Å². The van der Waals surface area contributed by atoms with E-state index < -0.39 is 12.2 Å². The Morgan fingerprint density at radius 2 is 0.917 bits per heavy atom. The Hall–Kier alpha value is -2.04. The van der Waals surface area contributed by atoms with Gasteiger partial charge in [-0.15, -0.1) is 0 Å². The maximum Gasteiger partial charge on any atom is 0.0889 e. The van der Waals surface area contributed by atoms with Crippen LogP contribution in [0.25, 0.3) is 0 Å². The van der Waals surface area contributed by atoms with Gasteiger partial charge < -0.3 is 20.0 Å². The van der Waals surface area contributed by atoms with Crippen molar-refractivity contribution in [3.8, 4) is 0 Å². The zero-order chi connectivity index (χ0) is 17.1. The molecule has 2 N–H and O–H groups in total. The summed E-state index contributed by atoms with van der Waals surface area (Å²) < 4.78 is 0. The van der Waals surface area contributed by atoms with Gasteiger partial charge in [0.25, 0.3) is 0 Å². The van der Waals surface area contributed by atoms with Gasteiger partial charge in [-0.3, -0.25) is 0 Å². The molecule has 1 saturated heterocycles. The smallest absolute Gasteiger partial charge is 0.0889 e. The van der Waals surface area contributed by atoms with Crippen molar-refractivity contribution in [1.29, 1.82) is 0 Å². The molecule has 0 saturated carbocycles. The second kappa shape index (κ2) is 7.24. The van der Waals surface area contributed by atoms with Crippen LogP contribution < -0.4 is 9.80 Å². The largest absolute Gasteiger partial charge is 0.389 e. The number of rotatable bonds is 2. The van der Waals surface area contributed by atoms with Crippen LogP contribution in [0.2, 0.25) is 0 Å². The molecule has 0 amide bonds. The van der Waals surface area contributed by atoms with Crippen LogP contribution in [0.5, 0.6) is 0 Å². The lowest BCUT2D eigenvalue weighted by Crippen LogP contribution is -2.50. The summed E-state index contributed by atoms with van der Waals surface area (Å²) in [4.78, 5) is 4.14. The number of hydrogen-bond acceptors (Lipinski definition) is 4. The first-order valence-electron chi connectivity index (χ1n) is 8.50. The molecule has 0 bridgehead atoms. The number of benzene rings is 2. The summed E-state index contributed by atoms with van der Waals surface area (Å²) in [6.07, 6.45) is -0.944. The molecule has 0 radical (unpaired) electrons. The fourth-order valence-electron chi connectivity index (χ4n) is 3.21. The SMILES string of the molecule is Cc1ccc(N2CC(O)CN(c3ccc(C)cc3)CC(O)C2)cc1. The molecule has 0 spiro atoms. The van der Waals surface area contributed by atoms with Crippen LogP contribution in [0.15, 0.2) is 48.5 Å². The normalized spacial score (nSPS) is 22.2. The molecule has 2 aromatic rings. The molecule has 0 unspecified atom stereocenters. The van der Waals surface area contributed by atoms with Gasteiger partial charge in [0.15, 0.2) is 0 Å². The van der Waals surface area contributed by atoms with E-state index >= 15 is 0 Å². The van der Waals surface area contributed by atoms with E-state index in [0.29, 0.717) is 26.2 Å². The maximum atomic E-state index is 10.5. The standard InChI is InChI=1S/C20H26N2O2/c1-15-3-7-17(8-4-15)21-11-19(23)13-22(14-20(24)12-21)18-9-5-16(2)6-10-18/h3-10,19-20,23-24H,11-14H2,1-2H3. The van der Waals surface area contributed by atoms with Crippen LogP contribution in [0, 0.1) is 13.8 Å². The second-order valence-corrected chi connectivity index (χ2v) is 6.79. The molecular formula is C20H26N2O2. The monoisotopic (exact) mass is 326 g/mol. The summed E-state index contributed by atoms with van der Waals surface area (Å²) in [6, 6.07) is 16.4. The highest BCUT2D eigenvalue weighted by atomic mass is 16.3. The molecule has 0 aromatic heterocycles. The van der Waals surface area contributed by atoms with E-state index in [2.05, 4.69) is 47.9 Å². The number of nitrogens with zero attached hydrogens (tertiary/aromatic N) is 2. The van der Waals surface area contributed by atoms with Crippen molar-refractivity contribution in [2.75, 3.05) is 36.0 Å². The molecule has 4 heteroatoms. The predicted molar refractivity (Wildman–Crippen MR) is 98.8 cm³/mol.